The number of allylic oxidation sites excluding steroid dienone is 2. The summed E-state index contributed by atoms with van der Waals surface area (Å²) in [5, 5.41) is -0.143. The molecule has 0 aromatic rings. The molecule has 0 spiro atoms. The fourth-order valence-corrected chi connectivity index (χ4v) is 5.37. The first-order valence-corrected chi connectivity index (χ1v) is 12.3. The van der Waals surface area contributed by atoms with Crippen LogP contribution >= 0.6 is 12.1 Å². The van der Waals surface area contributed by atoms with Crippen molar-refractivity contribution in [2.24, 2.45) is 0 Å². The van der Waals surface area contributed by atoms with E-state index in [0.29, 0.717) is 44.5 Å². The van der Waals surface area contributed by atoms with Crippen LogP contribution in [-0.2, 0) is 23.5 Å². The van der Waals surface area contributed by atoms with E-state index in [0.717, 1.165) is 6.42 Å². The maximum Gasteiger partial charge on any atom is 0.328 e. The molecule has 0 radical (unpaired) electrons. The maximum atomic E-state index is 12.8. The summed E-state index contributed by atoms with van der Waals surface area (Å²) in [7, 11) is -2.99. The van der Waals surface area contributed by atoms with Crippen LogP contribution in [0.3, 0.4) is 0 Å². The van der Waals surface area contributed by atoms with Crippen LogP contribution in [0.2, 0.25) is 6.04 Å². The zero-order valence-electron chi connectivity index (χ0n) is 15.9. The summed E-state index contributed by atoms with van der Waals surface area (Å²) in [5.74, 6) is 0.469. The number of carbonyl (C=O) groups is 2. The van der Waals surface area contributed by atoms with Gasteiger partial charge in [0.1, 0.15) is 6.10 Å². The van der Waals surface area contributed by atoms with Crippen molar-refractivity contribution in [1.29, 1.82) is 0 Å². The van der Waals surface area contributed by atoms with Crippen molar-refractivity contribution in [3.05, 3.63) is 24.5 Å². The number of ether oxygens (including phenoxy) is 2. The highest BCUT2D eigenvalue weighted by molar-refractivity contribution is 8.17. The molecule has 7 heteroatoms. The standard InChI is InChI=1S/C18H32O5SSi/c1-6-11-15(21-8-3)14-18(20)25(24,23-10-5)13-12-17(22-9-4)16(19)7-2/h7,14,17,24H,2,6,8-13H2,1,3-5H3. The fraction of sp³-hybridized carbons (Fsp3) is 0.667. The van der Waals surface area contributed by atoms with Gasteiger partial charge in [0.05, 0.1) is 12.4 Å². The van der Waals surface area contributed by atoms with Gasteiger partial charge in [0, 0.05) is 25.7 Å². The Hall–Kier alpha value is -0.893. The second-order valence-corrected chi connectivity index (χ2v) is 10.5. The number of hydrogen-bond acceptors (Lipinski definition) is 6. The zero-order valence-corrected chi connectivity index (χ0v) is 17.8. The number of carbonyl (C=O) groups excluding carboxylic acids is 2. The Balaban J connectivity index is 5.23. The van der Waals surface area contributed by atoms with Gasteiger partial charge in [0.25, 0.3) is 0 Å². The first-order valence-electron chi connectivity index (χ1n) is 8.90. The monoisotopic (exact) mass is 388 g/mol. The van der Waals surface area contributed by atoms with Crippen molar-refractivity contribution < 1.29 is 23.5 Å². The highest BCUT2D eigenvalue weighted by Gasteiger charge is 2.40. The molecule has 144 valence electrons. The first-order chi connectivity index (χ1) is 11.9. The van der Waals surface area contributed by atoms with E-state index in [2.05, 4.69) is 18.7 Å². The fourth-order valence-electron chi connectivity index (χ4n) is 2.35. The lowest BCUT2D eigenvalue weighted by atomic mass is 10.2. The van der Waals surface area contributed by atoms with E-state index in [4.69, 9.17) is 13.9 Å². The van der Waals surface area contributed by atoms with Gasteiger partial charge in [-0.3, -0.25) is 9.59 Å². The largest absolute Gasteiger partial charge is 0.498 e. The third-order valence-electron chi connectivity index (χ3n) is 3.52. The van der Waals surface area contributed by atoms with Gasteiger partial charge < -0.3 is 13.9 Å². The molecular formula is C18H32O5SSi. The summed E-state index contributed by atoms with van der Waals surface area (Å²) >= 11 is 4.62. The lowest BCUT2D eigenvalue weighted by Gasteiger charge is -2.25. The minimum atomic E-state index is -2.99. The highest BCUT2D eigenvalue weighted by Crippen LogP contribution is 2.24. The third kappa shape index (κ3) is 8.85. The van der Waals surface area contributed by atoms with Crippen LogP contribution in [0.5, 0.6) is 0 Å². The minimum Gasteiger partial charge on any atom is -0.498 e. The van der Waals surface area contributed by atoms with Gasteiger partial charge >= 0.3 is 7.47 Å². The van der Waals surface area contributed by atoms with Crippen molar-refractivity contribution in [2.75, 3.05) is 19.8 Å². The van der Waals surface area contributed by atoms with Crippen LogP contribution in [0.15, 0.2) is 24.5 Å². The van der Waals surface area contributed by atoms with Gasteiger partial charge in [-0.1, -0.05) is 13.5 Å². The van der Waals surface area contributed by atoms with E-state index < -0.39 is 13.6 Å². The predicted molar refractivity (Wildman–Crippen MR) is 106 cm³/mol. The second-order valence-electron chi connectivity index (χ2n) is 5.46. The van der Waals surface area contributed by atoms with Crippen LogP contribution in [0, 0.1) is 0 Å². The minimum absolute atomic E-state index is 0.143. The smallest absolute Gasteiger partial charge is 0.328 e. The topological polar surface area (TPSA) is 61.8 Å². The second kappa shape index (κ2) is 13.3. The van der Waals surface area contributed by atoms with Gasteiger partial charge in [-0.15, -0.1) is 0 Å². The molecule has 0 aromatic carbocycles. The summed E-state index contributed by atoms with van der Waals surface area (Å²) in [5.41, 5.74) is 0. The first kappa shape index (κ1) is 24.1. The van der Waals surface area contributed by atoms with E-state index in [-0.39, 0.29) is 11.2 Å². The van der Waals surface area contributed by atoms with E-state index in [9.17, 15) is 9.59 Å². The van der Waals surface area contributed by atoms with E-state index in [1.807, 2.05) is 27.7 Å². The lowest BCUT2D eigenvalue weighted by Crippen LogP contribution is -2.43. The highest BCUT2D eigenvalue weighted by atomic mass is 32.3. The Kier molecular flexibility index (Phi) is 12.9. The number of hydrogen-bond donors (Lipinski definition) is 1. The van der Waals surface area contributed by atoms with Gasteiger partial charge in [0.2, 0.25) is 0 Å². The summed E-state index contributed by atoms with van der Waals surface area (Å²) < 4.78 is 16.7. The molecule has 0 saturated heterocycles. The Bertz CT molecular complexity index is 458. The van der Waals surface area contributed by atoms with Crippen molar-refractivity contribution >= 4 is 30.7 Å². The molecule has 0 aliphatic carbocycles. The lowest BCUT2D eigenvalue weighted by molar-refractivity contribution is -0.125. The van der Waals surface area contributed by atoms with Crippen LogP contribution in [0.4, 0.5) is 0 Å². The average Bonchev–Trinajstić information content (AvgIpc) is 2.58. The van der Waals surface area contributed by atoms with E-state index >= 15 is 0 Å². The number of ketones is 1. The molecule has 25 heavy (non-hydrogen) atoms. The van der Waals surface area contributed by atoms with Crippen LogP contribution < -0.4 is 0 Å². The van der Waals surface area contributed by atoms with Crippen molar-refractivity contribution in [1.82, 2.24) is 0 Å². The molecular weight excluding hydrogens is 356 g/mol. The van der Waals surface area contributed by atoms with E-state index in [1.54, 1.807) is 0 Å². The zero-order chi connectivity index (χ0) is 19.3. The van der Waals surface area contributed by atoms with Gasteiger partial charge in [-0.2, -0.15) is 12.1 Å². The average molecular weight is 389 g/mol. The predicted octanol–water partition coefficient (Wildman–Crippen LogP) is 3.77. The Morgan fingerprint density at radius 3 is 2.32 bits per heavy atom. The van der Waals surface area contributed by atoms with Crippen molar-refractivity contribution in [3.8, 4) is 0 Å². The SMILES string of the molecule is C=CC(=O)C(CC[Si](S)(OCC)C(=O)C=C(CCC)OCC)OCC. The van der Waals surface area contributed by atoms with Crippen LogP contribution in [-0.4, -0.2) is 44.6 Å². The summed E-state index contributed by atoms with van der Waals surface area (Å²) in [6, 6.07) is 0.384. The molecule has 0 bridgehead atoms. The molecule has 0 aliphatic rings. The molecule has 2 atom stereocenters. The van der Waals surface area contributed by atoms with Gasteiger partial charge in [-0.05, 0) is 45.7 Å². The van der Waals surface area contributed by atoms with Crippen LogP contribution in [0.1, 0.15) is 47.0 Å². The normalized spacial score (nSPS) is 15.3. The third-order valence-corrected chi connectivity index (χ3v) is 7.88. The molecule has 0 heterocycles. The molecule has 0 aromatic heterocycles. The van der Waals surface area contributed by atoms with Gasteiger partial charge in [0.15, 0.2) is 11.2 Å². The van der Waals surface area contributed by atoms with Crippen LogP contribution in [0.25, 0.3) is 0 Å². The molecule has 0 N–H and O–H groups in total. The Morgan fingerprint density at radius 1 is 1.16 bits per heavy atom. The number of thiol groups is 1. The van der Waals surface area contributed by atoms with E-state index in [1.165, 1.54) is 12.2 Å². The van der Waals surface area contributed by atoms with Crippen molar-refractivity contribution in [3.63, 3.8) is 0 Å². The molecule has 0 fully saturated rings. The quantitative estimate of drug-likeness (QED) is 0.200. The molecule has 5 nitrogen and oxygen atoms in total. The van der Waals surface area contributed by atoms with Crippen molar-refractivity contribution in [2.45, 2.75) is 59.1 Å². The Labute approximate surface area is 158 Å². The summed E-state index contributed by atoms with van der Waals surface area (Å²) in [6.07, 6.45) is 4.12. The molecule has 0 aliphatic heterocycles. The summed E-state index contributed by atoms with van der Waals surface area (Å²) in [4.78, 5) is 24.7. The van der Waals surface area contributed by atoms with Gasteiger partial charge in [-0.25, -0.2) is 0 Å². The molecule has 0 saturated carbocycles. The molecule has 0 amide bonds. The molecule has 0 rings (SSSR count). The number of rotatable bonds is 15. The molecule has 2 unspecified atom stereocenters. The summed E-state index contributed by atoms with van der Waals surface area (Å²) in [6.45, 7) is 12.4. The Morgan fingerprint density at radius 2 is 1.84 bits per heavy atom. The maximum absolute atomic E-state index is 12.8.